The van der Waals surface area contributed by atoms with E-state index in [-0.39, 0.29) is 0 Å². The minimum atomic E-state index is 0.693. The van der Waals surface area contributed by atoms with E-state index >= 15 is 0 Å². The Bertz CT molecular complexity index is 401. The minimum absolute atomic E-state index is 0.693. The van der Waals surface area contributed by atoms with Crippen molar-refractivity contribution in [1.29, 1.82) is 0 Å². The number of pyridine rings is 1. The van der Waals surface area contributed by atoms with Crippen LogP contribution in [0.15, 0.2) is 24.5 Å². The molecule has 0 aliphatic rings. The molecule has 2 nitrogen and oxygen atoms in total. The lowest BCUT2D eigenvalue weighted by Crippen LogP contribution is -1.94. The molecule has 13 heavy (non-hydrogen) atoms. The van der Waals surface area contributed by atoms with Crippen LogP contribution in [0.5, 0.6) is 0 Å². The summed E-state index contributed by atoms with van der Waals surface area (Å²) in [5.74, 6) is 0.693. The summed E-state index contributed by atoms with van der Waals surface area (Å²) in [5, 5.41) is 1.21. The van der Waals surface area contributed by atoms with Crippen molar-refractivity contribution >= 4 is 11.0 Å². The quantitative estimate of drug-likeness (QED) is 0.745. The number of hydrogen-bond donors (Lipinski definition) is 1. The third-order valence-electron chi connectivity index (χ3n) is 2.10. The summed E-state index contributed by atoms with van der Waals surface area (Å²) in [4.78, 5) is 7.43. The second-order valence-corrected chi connectivity index (χ2v) is 3.86. The molecule has 0 bridgehead atoms. The summed E-state index contributed by atoms with van der Waals surface area (Å²) in [5.41, 5.74) is 2.30. The third-order valence-corrected chi connectivity index (χ3v) is 2.10. The predicted molar refractivity (Wildman–Crippen MR) is 54.6 cm³/mol. The number of aromatic amines is 1. The van der Waals surface area contributed by atoms with Gasteiger partial charge in [-0.25, -0.2) is 4.98 Å². The molecule has 0 aliphatic heterocycles. The fourth-order valence-corrected chi connectivity index (χ4v) is 1.57. The Labute approximate surface area is 78.0 Å². The molecule has 0 unspecified atom stereocenters. The van der Waals surface area contributed by atoms with Crippen molar-refractivity contribution in [3.05, 3.63) is 30.1 Å². The van der Waals surface area contributed by atoms with Crippen molar-refractivity contribution in [2.45, 2.75) is 20.3 Å². The Morgan fingerprint density at radius 2 is 2.31 bits per heavy atom. The molecule has 0 spiro atoms. The Kier molecular flexibility index (Phi) is 2.05. The standard InChI is InChI=1S/C11H14N2/c1-8(2)5-9-6-10-3-4-12-11(10)13-7-9/h3-4,6-8H,5H2,1-2H3,(H,12,13). The molecular formula is C11H14N2. The molecule has 0 radical (unpaired) electrons. The lowest BCUT2D eigenvalue weighted by molar-refractivity contribution is 0.646. The summed E-state index contributed by atoms with van der Waals surface area (Å²) < 4.78 is 0. The van der Waals surface area contributed by atoms with Crippen LogP contribution in [0.4, 0.5) is 0 Å². The number of fused-ring (bicyclic) bond motifs is 1. The fourth-order valence-electron chi connectivity index (χ4n) is 1.57. The molecule has 2 rings (SSSR count). The van der Waals surface area contributed by atoms with E-state index in [2.05, 4.69) is 35.9 Å². The van der Waals surface area contributed by atoms with Gasteiger partial charge in [-0.15, -0.1) is 0 Å². The first kappa shape index (κ1) is 8.30. The Balaban J connectivity index is 2.37. The average Bonchev–Trinajstić information content (AvgIpc) is 2.49. The van der Waals surface area contributed by atoms with Gasteiger partial charge in [-0.1, -0.05) is 13.8 Å². The second-order valence-electron chi connectivity index (χ2n) is 3.86. The van der Waals surface area contributed by atoms with Crippen molar-refractivity contribution in [2.75, 3.05) is 0 Å². The Hall–Kier alpha value is -1.31. The first-order valence-electron chi connectivity index (χ1n) is 4.68. The lowest BCUT2D eigenvalue weighted by Gasteiger charge is -2.03. The third kappa shape index (κ3) is 1.72. The summed E-state index contributed by atoms with van der Waals surface area (Å²) >= 11 is 0. The van der Waals surface area contributed by atoms with Gasteiger partial charge in [0.25, 0.3) is 0 Å². The SMILES string of the molecule is CC(C)Cc1cnc2[nH]ccc2c1. The molecule has 0 saturated heterocycles. The molecule has 0 saturated carbocycles. The van der Waals surface area contributed by atoms with Gasteiger partial charge >= 0.3 is 0 Å². The molecule has 0 atom stereocenters. The topological polar surface area (TPSA) is 28.7 Å². The summed E-state index contributed by atoms with van der Waals surface area (Å²) in [6.45, 7) is 4.45. The van der Waals surface area contributed by atoms with Crippen molar-refractivity contribution in [3.63, 3.8) is 0 Å². The Morgan fingerprint density at radius 3 is 3.08 bits per heavy atom. The monoisotopic (exact) mass is 174 g/mol. The lowest BCUT2D eigenvalue weighted by atomic mass is 10.0. The maximum atomic E-state index is 4.34. The molecule has 1 N–H and O–H groups in total. The number of hydrogen-bond acceptors (Lipinski definition) is 1. The largest absolute Gasteiger partial charge is 0.346 e. The molecule has 0 aromatic carbocycles. The minimum Gasteiger partial charge on any atom is -0.346 e. The van der Waals surface area contributed by atoms with E-state index in [1.807, 2.05) is 12.4 Å². The summed E-state index contributed by atoms with van der Waals surface area (Å²) in [6.07, 6.45) is 4.99. The van der Waals surface area contributed by atoms with Crippen molar-refractivity contribution in [1.82, 2.24) is 9.97 Å². The molecule has 0 fully saturated rings. The maximum Gasteiger partial charge on any atom is 0.137 e. The molecule has 0 aliphatic carbocycles. The number of H-pyrrole nitrogens is 1. The molecule has 2 heteroatoms. The zero-order valence-corrected chi connectivity index (χ0v) is 8.04. The predicted octanol–water partition coefficient (Wildman–Crippen LogP) is 2.76. The Morgan fingerprint density at radius 1 is 1.46 bits per heavy atom. The van der Waals surface area contributed by atoms with Gasteiger partial charge in [-0.2, -0.15) is 0 Å². The van der Waals surface area contributed by atoms with Gasteiger partial charge in [-0.05, 0) is 30.0 Å². The van der Waals surface area contributed by atoms with Crippen molar-refractivity contribution in [3.8, 4) is 0 Å². The highest BCUT2D eigenvalue weighted by Gasteiger charge is 2.00. The van der Waals surface area contributed by atoms with Crippen LogP contribution in [-0.2, 0) is 6.42 Å². The highest BCUT2D eigenvalue weighted by Crippen LogP contribution is 2.13. The van der Waals surface area contributed by atoms with E-state index in [0.29, 0.717) is 5.92 Å². The number of rotatable bonds is 2. The highest BCUT2D eigenvalue weighted by atomic mass is 14.8. The van der Waals surface area contributed by atoms with Crippen molar-refractivity contribution in [2.24, 2.45) is 5.92 Å². The van der Waals surface area contributed by atoms with Gasteiger partial charge in [0.2, 0.25) is 0 Å². The molecule has 68 valence electrons. The van der Waals surface area contributed by atoms with Crippen LogP contribution in [0.25, 0.3) is 11.0 Å². The van der Waals surface area contributed by atoms with E-state index in [9.17, 15) is 0 Å². The highest BCUT2D eigenvalue weighted by molar-refractivity contribution is 5.75. The van der Waals surface area contributed by atoms with E-state index in [0.717, 1.165) is 12.1 Å². The number of nitrogens with one attached hydrogen (secondary N) is 1. The smallest absolute Gasteiger partial charge is 0.137 e. The van der Waals surface area contributed by atoms with Gasteiger partial charge in [0, 0.05) is 17.8 Å². The van der Waals surface area contributed by atoms with Gasteiger partial charge < -0.3 is 4.98 Å². The molecule has 0 amide bonds. The van der Waals surface area contributed by atoms with E-state index < -0.39 is 0 Å². The zero-order chi connectivity index (χ0) is 9.26. The van der Waals surface area contributed by atoms with Crippen LogP contribution >= 0.6 is 0 Å². The summed E-state index contributed by atoms with van der Waals surface area (Å²) in [7, 11) is 0. The molecule has 2 heterocycles. The average molecular weight is 174 g/mol. The van der Waals surface area contributed by atoms with Crippen LogP contribution in [0, 0.1) is 5.92 Å². The number of nitrogens with zero attached hydrogens (tertiary/aromatic N) is 1. The maximum absolute atomic E-state index is 4.34. The second kappa shape index (κ2) is 3.21. The molecule has 2 aromatic rings. The van der Waals surface area contributed by atoms with E-state index in [4.69, 9.17) is 0 Å². The van der Waals surface area contributed by atoms with Gasteiger partial charge in [0.1, 0.15) is 5.65 Å². The van der Waals surface area contributed by atoms with Crippen LogP contribution < -0.4 is 0 Å². The van der Waals surface area contributed by atoms with Gasteiger partial charge in [0.15, 0.2) is 0 Å². The van der Waals surface area contributed by atoms with Crippen LogP contribution in [0.1, 0.15) is 19.4 Å². The van der Waals surface area contributed by atoms with E-state index in [1.54, 1.807) is 0 Å². The molecule has 2 aromatic heterocycles. The van der Waals surface area contributed by atoms with Gasteiger partial charge in [-0.3, -0.25) is 0 Å². The number of aromatic nitrogens is 2. The van der Waals surface area contributed by atoms with Crippen LogP contribution in [0.3, 0.4) is 0 Å². The van der Waals surface area contributed by atoms with E-state index in [1.165, 1.54) is 10.9 Å². The van der Waals surface area contributed by atoms with Gasteiger partial charge in [0.05, 0.1) is 0 Å². The first-order valence-corrected chi connectivity index (χ1v) is 4.68. The zero-order valence-electron chi connectivity index (χ0n) is 8.04. The molecular weight excluding hydrogens is 160 g/mol. The fraction of sp³-hybridized carbons (Fsp3) is 0.364. The first-order chi connectivity index (χ1) is 6.25. The normalized spacial score (nSPS) is 11.3. The van der Waals surface area contributed by atoms with Crippen molar-refractivity contribution < 1.29 is 0 Å². The summed E-state index contributed by atoms with van der Waals surface area (Å²) in [6, 6.07) is 4.27. The van der Waals surface area contributed by atoms with Crippen LogP contribution in [-0.4, -0.2) is 9.97 Å². The van der Waals surface area contributed by atoms with Crippen LogP contribution in [0.2, 0.25) is 0 Å².